The normalized spacial score (nSPS) is 21.2. The van der Waals surface area contributed by atoms with E-state index in [0.29, 0.717) is 21.3 Å². The van der Waals surface area contributed by atoms with Crippen LogP contribution < -0.4 is 11.1 Å². The fraction of sp³-hybridized carbons (Fsp3) is 0.375. The Morgan fingerprint density at radius 2 is 2.00 bits per heavy atom. The molecule has 122 valence electrons. The summed E-state index contributed by atoms with van der Waals surface area (Å²) < 4.78 is 1.57. The maximum Gasteiger partial charge on any atom is 0.254 e. The van der Waals surface area contributed by atoms with E-state index in [1.54, 1.807) is 29.1 Å². The van der Waals surface area contributed by atoms with Gasteiger partial charge in [-0.1, -0.05) is 23.2 Å². The first-order valence-electron chi connectivity index (χ1n) is 7.59. The minimum Gasteiger partial charge on any atom is -0.349 e. The van der Waals surface area contributed by atoms with E-state index < -0.39 is 0 Å². The number of carbonyl (C=O) groups is 1. The minimum atomic E-state index is -0.123. The zero-order valence-corrected chi connectivity index (χ0v) is 14.0. The molecule has 1 aliphatic rings. The zero-order chi connectivity index (χ0) is 16.4. The first kappa shape index (κ1) is 16.3. The van der Waals surface area contributed by atoms with E-state index in [-0.39, 0.29) is 18.0 Å². The van der Waals surface area contributed by atoms with Crippen molar-refractivity contribution in [2.75, 3.05) is 0 Å². The van der Waals surface area contributed by atoms with Crippen LogP contribution in [-0.4, -0.2) is 27.8 Å². The molecule has 0 atom stereocenters. The molecule has 3 rings (SSSR count). The number of carbonyl (C=O) groups excluding carboxylic acids is 1. The lowest BCUT2D eigenvalue weighted by Crippen LogP contribution is -2.40. The van der Waals surface area contributed by atoms with Gasteiger partial charge in [-0.3, -0.25) is 4.79 Å². The van der Waals surface area contributed by atoms with Gasteiger partial charge in [0, 0.05) is 23.3 Å². The highest BCUT2D eigenvalue weighted by Crippen LogP contribution is 2.24. The van der Waals surface area contributed by atoms with Gasteiger partial charge in [0.25, 0.3) is 5.91 Å². The number of nitrogens with two attached hydrogens (primary N) is 1. The fourth-order valence-electron chi connectivity index (χ4n) is 2.77. The predicted molar refractivity (Wildman–Crippen MR) is 91.3 cm³/mol. The van der Waals surface area contributed by atoms with Gasteiger partial charge < -0.3 is 11.1 Å². The molecule has 1 aromatic carbocycles. The highest BCUT2D eigenvalue weighted by molar-refractivity contribution is 6.35. The fourth-order valence-corrected chi connectivity index (χ4v) is 3.27. The van der Waals surface area contributed by atoms with Crippen molar-refractivity contribution >= 4 is 29.1 Å². The van der Waals surface area contributed by atoms with Gasteiger partial charge >= 0.3 is 0 Å². The smallest absolute Gasteiger partial charge is 0.254 e. The van der Waals surface area contributed by atoms with Crippen LogP contribution in [0.1, 0.15) is 36.0 Å². The van der Waals surface area contributed by atoms with E-state index in [0.717, 1.165) is 25.7 Å². The average molecular weight is 353 g/mol. The van der Waals surface area contributed by atoms with Crippen molar-refractivity contribution in [1.29, 1.82) is 0 Å². The summed E-state index contributed by atoms with van der Waals surface area (Å²) in [5.41, 5.74) is 7.07. The second-order valence-corrected chi connectivity index (χ2v) is 6.70. The van der Waals surface area contributed by atoms with E-state index in [1.807, 2.05) is 0 Å². The Morgan fingerprint density at radius 1 is 1.26 bits per heavy atom. The molecule has 5 nitrogen and oxygen atoms in total. The molecule has 1 aliphatic carbocycles. The number of nitrogens with one attached hydrogen (secondary N) is 1. The summed E-state index contributed by atoms with van der Waals surface area (Å²) in [4.78, 5) is 12.3. The topological polar surface area (TPSA) is 72.9 Å². The van der Waals surface area contributed by atoms with Gasteiger partial charge in [-0.05, 0) is 43.9 Å². The summed E-state index contributed by atoms with van der Waals surface area (Å²) in [6, 6.07) is 5.59. The van der Waals surface area contributed by atoms with Crippen LogP contribution in [0.4, 0.5) is 0 Å². The van der Waals surface area contributed by atoms with Gasteiger partial charge in [0.05, 0.1) is 22.5 Å². The Labute approximate surface area is 144 Å². The number of benzene rings is 1. The molecule has 7 heteroatoms. The molecule has 0 bridgehead atoms. The maximum absolute atomic E-state index is 12.3. The van der Waals surface area contributed by atoms with E-state index in [4.69, 9.17) is 28.9 Å². The molecule has 0 radical (unpaired) electrons. The van der Waals surface area contributed by atoms with E-state index in [9.17, 15) is 4.79 Å². The summed E-state index contributed by atoms with van der Waals surface area (Å²) in [6.07, 6.45) is 6.94. The van der Waals surface area contributed by atoms with E-state index >= 15 is 0 Å². The minimum absolute atomic E-state index is 0.123. The number of rotatable bonds is 3. The summed E-state index contributed by atoms with van der Waals surface area (Å²) in [5, 5.41) is 8.29. The highest BCUT2D eigenvalue weighted by Gasteiger charge is 2.21. The number of hydrogen-bond acceptors (Lipinski definition) is 3. The average Bonchev–Trinajstić information content (AvgIpc) is 2.99. The molecule has 0 saturated heterocycles. The zero-order valence-electron chi connectivity index (χ0n) is 12.5. The van der Waals surface area contributed by atoms with Crippen molar-refractivity contribution in [2.45, 2.75) is 37.8 Å². The summed E-state index contributed by atoms with van der Waals surface area (Å²) in [5.74, 6) is -0.123. The standard InChI is InChI=1S/C16H18Cl2N4O/c17-11-1-6-15(14(18)7-11)22-9-10(8-20-22)16(23)21-13-4-2-12(19)3-5-13/h1,6-9,12-13H,2-5,19H2,(H,21,23). The van der Waals surface area contributed by atoms with E-state index in [2.05, 4.69) is 10.4 Å². The Bertz CT molecular complexity index is 708. The Morgan fingerprint density at radius 3 is 2.70 bits per heavy atom. The molecule has 23 heavy (non-hydrogen) atoms. The molecule has 1 amide bonds. The Hall–Kier alpha value is -1.56. The molecule has 3 N–H and O–H groups in total. The van der Waals surface area contributed by atoms with Gasteiger partial charge in [0.15, 0.2) is 0 Å². The lowest BCUT2D eigenvalue weighted by Gasteiger charge is -2.26. The van der Waals surface area contributed by atoms with Crippen LogP contribution in [0.3, 0.4) is 0 Å². The molecule has 1 heterocycles. The Balaban J connectivity index is 1.70. The van der Waals surface area contributed by atoms with Crippen LogP contribution in [0, 0.1) is 0 Å². The molecule has 2 aromatic rings. The molecular formula is C16H18Cl2N4O. The van der Waals surface area contributed by atoms with Crippen molar-refractivity contribution in [3.63, 3.8) is 0 Å². The molecule has 1 saturated carbocycles. The Kier molecular flexibility index (Phi) is 4.90. The molecule has 1 aromatic heterocycles. The van der Waals surface area contributed by atoms with Crippen molar-refractivity contribution in [1.82, 2.24) is 15.1 Å². The summed E-state index contributed by atoms with van der Waals surface area (Å²) in [7, 11) is 0. The summed E-state index contributed by atoms with van der Waals surface area (Å²) >= 11 is 12.1. The van der Waals surface area contributed by atoms with Crippen LogP contribution in [0.25, 0.3) is 5.69 Å². The molecule has 0 unspecified atom stereocenters. The molecular weight excluding hydrogens is 335 g/mol. The number of nitrogens with zero attached hydrogens (tertiary/aromatic N) is 2. The molecule has 0 spiro atoms. The first-order chi connectivity index (χ1) is 11.0. The van der Waals surface area contributed by atoms with Crippen LogP contribution in [-0.2, 0) is 0 Å². The van der Waals surface area contributed by atoms with Crippen molar-refractivity contribution in [2.24, 2.45) is 5.73 Å². The molecule has 1 fully saturated rings. The number of amides is 1. The van der Waals surface area contributed by atoms with Crippen molar-refractivity contribution in [3.05, 3.63) is 46.2 Å². The monoisotopic (exact) mass is 352 g/mol. The first-order valence-corrected chi connectivity index (χ1v) is 8.35. The van der Waals surface area contributed by atoms with Crippen molar-refractivity contribution < 1.29 is 4.79 Å². The highest BCUT2D eigenvalue weighted by atomic mass is 35.5. The second-order valence-electron chi connectivity index (χ2n) is 5.85. The van der Waals surface area contributed by atoms with Gasteiger partial charge in [-0.15, -0.1) is 0 Å². The quantitative estimate of drug-likeness (QED) is 0.890. The lowest BCUT2D eigenvalue weighted by molar-refractivity contribution is 0.0926. The SMILES string of the molecule is NC1CCC(NC(=O)c2cnn(-c3ccc(Cl)cc3Cl)c2)CC1. The van der Waals surface area contributed by atoms with Crippen LogP contribution in [0.15, 0.2) is 30.6 Å². The second kappa shape index (κ2) is 6.91. The van der Waals surface area contributed by atoms with Gasteiger partial charge in [-0.2, -0.15) is 5.10 Å². The predicted octanol–water partition coefficient (Wildman–Crippen LogP) is 3.18. The largest absolute Gasteiger partial charge is 0.349 e. The third kappa shape index (κ3) is 3.86. The molecule has 0 aliphatic heterocycles. The van der Waals surface area contributed by atoms with Crippen LogP contribution >= 0.6 is 23.2 Å². The summed E-state index contributed by atoms with van der Waals surface area (Å²) in [6.45, 7) is 0. The van der Waals surface area contributed by atoms with E-state index in [1.165, 1.54) is 6.20 Å². The van der Waals surface area contributed by atoms with Gasteiger partial charge in [-0.25, -0.2) is 4.68 Å². The third-order valence-corrected chi connectivity index (χ3v) is 4.65. The van der Waals surface area contributed by atoms with Gasteiger partial charge in [0.2, 0.25) is 0 Å². The number of aromatic nitrogens is 2. The number of hydrogen-bond donors (Lipinski definition) is 2. The van der Waals surface area contributed by atoms with Crippen LogP contribution in [0.2, 0.25) is 10.0 Å². The third-order valence-electron chi connectivity index (χ3n) is 4.11. The number of halogens is 2. The van der Waals surface area contributed by atoms with Crippen molar-refractivity contribution in [3.8, 4) is 5.69 Å². The lowest BCUT2D eigenvalue weighted by atomic mass is 9.92. The van der Waals surface area contributed by atoms with Gasteiger partial charge in [0.1, 0.15) is 0 Å². The van der Waals surface area contributed by atoms with Crippen LogP contribution in [0.5, 0.6) is 0 Å². The maximum atomic E-state index is 12.3.